The highest BCUT2D eigenvalue weighted by Crippen LogP contribution is 2.25. The minimum absolute atomic E-state index is 0.238. The lowest BCUT2D eigenvalue weighted by atomic mass is 9.87. The highest BCUT2D eigenvalue weighted by molar-refractivity contribution is 5.76. The van der Waals surface area contributed by atoms with Gasteiger partial charge in [0.2, 0.25) is 5.91 Å². The maximum atomic E-state index is 11.9. The summed E-state index contributed by atoms with van der Waals surface area (Å²) in [6.07, 6.45) is 11.3. The van der Waals surface area contributed by atoms with Crippen LogP contribution in [0.1, 0.15) is 64.7 Å². The molecule has 0 spiro atoms. The van der Waals surface area contributed by atoms with Crippen molar-refractivity contribution in [1.82, 2.24) is 10.6 Å². The first-order valence-corrected chi connectivity index (χ1v) is 8.26. The van der Waals surface area contributed by atoms with Gasteiger partial charge in [-0.2, -0.15) is 0 Å². The molecule has 1 saturated carbocycles. The number of piperidine rings is 1. The Morgan fingerprint density at radius 2 is 1.95 bits per heavy atom. The standard InChI is InChI=1S/C16H30N2O/c1-13-6-5-10-17-15(13)12-16(19)18-11-9-14-7-3-2-4-8-14/h13-15,17H,2-12H2,1H3,(H,18,19). The number of carbonyl (C=O) groups excluding carboxylic acids is 1. The summed E-state index contributed by atoms with van der Waals surface area (Å²) in [5, 5.41) is 6.60. The fourth-order valence-corrected chi connectivity index (χ4v) is 3.55. The van der Waals surface area contributed by atoms with Crippen LogP contribution in [-0.2, 0) is 4.79 Å². The van der Waals surface area contributed by atoms with Crippen LogP contribution in [0.3, 0.4) is 0 Å². The molecular formula is C16H30N2O. The molecule has 2 N–H and O–H groups in total. The van der Waals surface area contributed by atoms with Gasteiger partial charge in [-0.15, -0.1) is 0 Å². The summed E-state index contributed by atoms with van der Waals surface area (Å²) in [6.45, 7) is 4.21. The van der Waals surface area contributed by atoms with Gasteiger partial charge in [-0.1, -0.05) is 39.0 Å². The number of rotatable bonds is 5. The van der Waals surface area contributed by atoms with Crippen LogP contribution < -0.4 is 10.6 Å². The van der Waals surface area contributed by atoms with Gasteiger partial charge in [-0.05, 0) is 37.6 Å². The SMILES string of the molecule is CC1CCCNC1CC(=O)NCCC1CCCCC1. The van der Waals surface area contributed by atoms with E-state index in [0.717, 1.165) is 19.0 Å². The first-order valence-electron chi connectivity index (χ1n) is 8.26. The molecular weight excluding hydrogens is 236 g/mol. The lowest BCUT2D eigenvalue weighted by Crippen LogP contribution is -2.43. The Hall–Kier alpha value is -0.570. The zero-order valence-corrected chi connectivity index (χ0v) is 12.4. The Morgan fingerprint density at radius 3 is 2.68 bits per heavy atom. The van der Waals surface area contributed by atoms with Gasteiger partial charge < -0.3 is 10.6 Å². The van der Waals surface area contributed by atoms with Crippen molar-refractivity contribution in [3.63, 3.8) is 0 Å². The number of hydrogen-bond donors (Lipinski definition) is 2. The van der Waals surface area contributed by atoms with Gasteiger partial charge in [0.1, 0.15) is 0 Å². The summed E-state index contributed by atoms with van der Waals surface area (Å²) in [5.41, 5.74) is 0. The van der Waals surface area contributed by atoms with E-state index in [2.05, 4.69) is 17.6 Å². The number of nitrogens with one attached hydrogen (secondary N) is 2. The summed E-state index contributed by atoms with van der Waals surface area (Å²) >= 11 is 0. The second-order valence-electron chi connectivity index (χ2n) is 6.53. The fraction of sp³-hybridized carbons (Fsp3) is 0.938. The summed E-state index contributed by atoms with van der Waals surface area (Å²) in [6, 6.07) is 0.392. The van der Waals surface area contributed by atoms with Gasteiger partial charge in [0.05, 0.1) is 0 Å². The maximum Gasteiger partial charge on any atom is 0.221 e. The van der Waals surface area contributed by atoms with Gasteiger partial charge >= 0.3 is 0 Å². The molecule has 0 aromatic heterocycles. The van der Waals surface area contributed by atoms with Crippen molar-refractivity contribution >= 4 is 5.91 Å². The molecule has 1 aliphatic carbocycles. The van der Waals surface area contributed by atoms with Crippen LogP contribution in [0.2, 0.25) is 0 Å². The van der Waals surface area contributed by atoms with E-state index in [1.807, 2.05) is 0 Å². The van der Waals surface area contributed by atoms with Crippen molar-refractivity contribution in [1.29, 1.82) is 0 Å². The van der Waals surface area contributed by atoms with Crippen molar-refractivity contribution in [2.24, 2.45) is 11.8 Å². The third kappa shape index (κ3) is 5.13. The lowest BCUT2D eigenvalue weighted by molar-refractivity contribution is -0.122. The quantitative estimate of drug-likeness (QED) is 0.803. The third-order valence-electron chi connectivity index (χ3n) is 4.93. The first-order chi connectivity index (χ1) is 9.25. The fourth-order valence-electron chi connectivity index (χ4n) is 3.55. The molecule has 1 saturated heterocycles. The Labute approximate surface area is 117 Å². The van der Waals surface area contributed by atoms with Crippen LogP contribution in [0, 0.1) is 11.8 Å². The Morgan fingerprint density at radius 1 is 1.16 bits per heavy atom. The van der Waals surface area contributed by atoms with Crippen LogP contribution in [0.4, 0.5) is 0 Å². The third-order valence-corrected chi connectivity index (χ3v) is 4.93. The van der Waals surface area contributed by atoms with Crippen LogP contribution in [0.5, 0.6) is 0 Å². The molecule has 2 atom stereocenters. The van der Waals surface area contributed by atoms with E-state index in [4.69, 9.17) is 0 Å². The molecule has 1 amide bonds. The van der Waals surface area contributed by atoms with Crippen LogP contribution >= 0.6 is 0 Å². The minimum atomic E-state index is 0.238. The second kappa shape index (κ2) is 7.88. The molecule has 0 radical (unpaired) electrons. The number of amides is 1. The molecule has 2 fully saturated rings. The number of hydrogen-bond acceptors (Lipinski definition) is 2. The van der Waals surface area contributed by atoms with Crippen molar-refractivity contribution in [2.75, 3.05) is 13.1 Å². The zero-order valence-electron chi connectivity index (χ0n) is 12.4. The monoisotopic (exact) mass is 266 g/mol. The Balaban J connectivity index is 1.58. The second-order valence-corrected chi connectivity index (χ2v) is 6.53. The average molecular weight is 266 g/mol. The Kier molecular flexibility index (Phi) is 6.15. The molecule has 2 aliphatic rings. The lowest BCUT2D eigenvalue weighted by Gasteiger charge is -2.29. The van der Waals surface area contributed by atoms with Crippen LogP contribution in [0.15, 0.2) is 0 Å². The molecule has 1 aliphatic heterocycles. The zero-order chi connectivity index (χ0) is 13.5. The summed E-state index contributed by atoms with van der Waals surface area (Å²) in [5.74, 6) is 1.74. The predicted octanol–water partition coefficient (Wildman–Crippen LogP) is 2.85. The van der Waals surface area contributed by atoms with Crippen molar-refractivity contribution in [3.05, 3.63) is 0 Å². The molecule has 3 heteroatoms. The van der Waals surface area contributed by atoms with E-state index in [9.17, 15) is 4.79 Å². The predicted molar refractivity (Wildman–Crippen MR) is 79.0 cm³/mol. The summed E-state index contributed by atoms with van der Waals surface area (Å²) in [4.78, 5) is 11.9. The van der Waals surface area contributed by atoms with E-state index in [1.54, 1.807) is 0 Å². The molecule has 0 aromatic rings. The van der Waals surface area contributed by atoms with E-state index < -0.39 is 0 Å². The largest absolute Gasteiger partial charge is 0.356 e. The summed E-state index contributed by atoms with van der Waals surface area (Å²) < 4.78 is 0. The van der Waals surface area contributed by atoms with Gasteiger partial charge in [0.25, 0.3) is 0 Å². The smallest absolute Gasteiger partial charge is 0.221 e. The molecule has 19 heavy (non-hydrogen) atoms. The summed E-state index contributed by atoms with van der Waals surface area (Å²) in [7, 11) is 0. The molecule has 0 bridgehead atoms. The molecule has 110 valence electrons. The van der Waals surface area contributed by atoms with E-state index in [-0.39, 0.29) is 5.91 Å². The molecule has 2 rings (SSSR count). The highest BCUT2D eigenvalue weighted by atomic mass is 16.1. The van der Waals surface area contributed by atoms with Crippen molar-refractivity contribution in [3.8, 4) is 0 Å². The molecule has 3 nitrogen and oxygen atoms in total. The normalized spacial score (nSPS) is 29.1. The Bertz CT molecular complexity index is 274. The van der Waals surface area contributed by atoms with Gasteiger partial charge in [-0.25, -0.2) is 0 Å². The topological polar surface area (TPSA) is 41.1 Å². The molecule has 1 heterocycles. The van der Waals surface area contributed by atoms with Crippen molar-refractivity contribution in [2.45, 2.75) is 70.8 Å². The van der Waals surface area contributed by atoms with Gasteiger partial charge in [-0.3, -0.25) is 4.79 Å². The van der Waals surface area contributed by atoms with E-state index >= 15 is 0 Å². The van der Waals surface area contributed by atoms with Crippen molar-refractivity contribution < 1.29 is 4.79 Å². The van der Waals surface area contributed by atoms with E-state index in [0.29, 0.717) is 18.4 Å². The van der Waals surface area contributed by atoms with Gasteiger partial charge in [0, 0.05) is 19.0 Å². The number of carbonyl (C=O) groups is 1. The van der Waals surface area contributed by atoms with Crippen LogP contribution in [-0.4, -0.2) is 25.0 Å². The first kappa shape index (κ1) is 14.8. The minimum Gasteiger partial charge on any atom is -0.356 e. The highest BCUT2D eigenvalue weighted by Gasteiger charge is 2.23. The maximum absolute atomic E-state index is 11.9. The average Bonchev–Trinajstić information content (AvgIpc) is 2.43. The van der Waals surface area contributed by atoms with E-state index in [1.165, 1.54) is 51.4 Å². The molecule has 2 unspecified atom stereocenters. The van der Waals surface area contributed by atoms with Crippen LogP contribution in [0.25, 0.3) is 0 Å². The van der Waals surface area contributed by atoms with Gasteiger partial charge in [0.15, 0.2) is 0 Å². The molecule has 0 aromatic carbocycles.